The van der Waals surface area contributed by atoms with Gasteiger partial charge in [-0.15, -0.1) is 0 Å². The molecule has 0 N–H and O–H groups in total. The Morgan fingerprint density at radius 1 is 1.00 bits per heavy atom. The lowest BCUT2D eigenvalue weighted by atomic mass is 10.1. The average molecular weight is 418 g/mol. The minimum Gasteiger partial charge on any atom is -0.480 e. The second-order valence-electron chi connectivity index (χ2n) is 4.45. The van der Waals surface area contributed by atoms with Crippen LogP contribution in [0.2, 0.25) is 10.0 Å². The van der Waals surface area contributed by atoms with Crippen molar-refractivity contribution in [3.63, 3.8) is 0 Å². The molecule has 0 aliphatic heterocycles. The summed E-state index contributed by atoms with van der Waals surface area (Å²) in [5, 5.41) is 0.751. The summed E-state index contributed by atoms with van der Waals surface area (Å²) in [6, 6.07) is 11.4. The smallest absolute Gasteiger partial charge is 0.344 e. The Kier molecular flexibility index (Phi) is 6.45. The standard InChI is InChI=1S/C16H11BrCl2O4/c17-11-3-1-10(2-4-11)14(20)8-23-16(21)9-22-15-6-5-12(18)7-13(15)19/h1-7H,8-9H2. The summed E-state index contributed by atoms with van der Waals surface area (Å²) < 4.78 is 11.0. The topological polar surface area (TPSA) is 52.6 Å². The van der Waals surface area contributed by atoms with Crippen LogP contribution >= 0.6 is 39.1 Å². The monoisotopic (exact) mass is 416 g/mol. The van der Waals surface area contributed by atoms with Crippen molar-refractivity contribution in [3.8, 4) is 5.75 Å². The quantitative estimate of drug-likeness (QED) is 0.510. The molecule has 4 nitrogen and oxygen atoms in total. The molecule has 120 valence electrons. The number of ether oxygens (including phenoxy) is 2. The lowest BCUT2D eigenvalue weighted by Gasteiger charge is -2.08. The van der Waals surface area contributed by atoms with Gasteiger partial charge in [0, 0.05) is 15.1 Å². The molecule has 0 radical (unpaired) electrons. The van der Waals surface area contributed by atoms with Gasteiger partial charge in [-0.25, -0.2) is 4.79 Å². The first-order valence-electron chi connectivity index (χ1n) is 6.48. The highest BCUT2D eigenvalue weighted by atomic mass is 79.9. The fourth-order valence-corrected chi connectivity index (χ4v) is 2.36. The number of carbonyl (C=O) groups excluding carboxylic acids is 2. The number of carbonyl (C=O) groups is 2. The van der Waals surface area contributed by atoms with E-state index in [9.17, 15) is 9.59 Å². The number of hydrogen-bond donors (Lipinski definition) is 0. The van der Waals surface area contributed by atoms with Crippen LogP contribution in [-0.4, -0.2) is 25.0 Å². The lowest BCUT2D eigenvalue weighted by Crippen LogP contribution is -2.19. The normalized spacial score (nSPS) is 10.2. The zero-order valence-corrected chi connectivity index (χ0v) is 14.8. The van der Waals surface area contributed by atoms with Gasteiger partial charge in [-0.2, -0.15) is 0 Å². The number of esters is 1. The van der Waals surface area contributed by atoms with Gasteiger partial charge in [-0.05, 0) is 30.3 Å². The fraction of sp³-hybridized carbons (Fsp3) is 0.125. The highest BCUT2D eigenvalue weighted by molar-refractivity contribution is 9.10. The Bertz CT molecular complexity index is 717. The van der Waals surface area contributed by atoms with Gasteiger partial charge in [0.2, 0.25) is 0 Å². The minimum atomic E-state index is -0.665. The molecule has 0 aromatic heterocycles. The first-order chi connectivity index (χ1) is 11.0. The third kappa shape index (κ3) is 5.53. The van der Waals surface area contributed by atoms with E-state index >= 15 is 0 Å². The van der Waals surface area contributed by atoms with E-state index in [1.165, 1.54) is 6.07 Å². The van der Waals surface area contributed by atoms with E-state index in [0.29, 0.717) is 16.3 Å². The molecule has 0 aliphatic rings. The molecule has 23 heavy (non-hydrogen) atoms. The second-order valence-corrected chi connectivity index (χ2v) is 6.21. The lowest BCUT2D eigenvalue weighted by molar-refractivity contribution is -0.144. The maximum Gasteiger partial charge on any atom is 0.344 e. The van der Waals surface area contributed by atoms with Gasteiger partial charge in [0.05, 0.1) is 5.02 Å². The predicted octanol–water partition coefficient (Wildman–Crippen LogP) is 4.56. The first-order valence-corrected chi connectivity index (χ1v) is 8.03. The molecule has 0 atom stereocenters. The summed E-state index contributed by atoms with van der Waals surface area (Å²) in [5.41, 5.74) is 0.461. The molecule has 0 bridgehead atoms. The summed E-state index contributed by atoms with van der Waals surface area (Å²) >= 11 is 15.0. The Balaban J connectivity index is 1.81. The number of hydrogen-bond acceptors (Lipinski definition) is 4. The molecule has 0 unspecified atom stereocenters. The highest BCUT2D eigenvalue weighted by Crippen LogP contribution is 2.27. The molecular weight excluding hydrogens is 407 g/mol. The van der Waals surface area contributed by atoms with Gasteiger partial charge in [0.1, 0.15) is 5.75 Å². The third-order valence-corrected chi connectivity index (χ3v) is 3.83. The van der Waals surface area contributed by atoms with Crippen molar-refractivity contribution < 1.29 is 19.1 Å². The maximum atomic E-state index is 11.9. The Morgan fingerprint density at radius 3 is 2.35 bits per heavy atom. The minimum absolute atomic E-state index is 0.288. The van der Waals surface area contributed by atoms with Crippen LogP contribution in [0.3, 0.4) is 0 Å². The summed E-state index contributed by atoms with van der Waals surface area (Å²) in [4.78, 5) is 23.5. The van der Waals surface area contributed by atoms with Crippen LogP contribution in [0.25, 0.3) is 0 Å². The number of halogens is 3. The number of benzene rings is 2. The van der Waals surface area contributed by atoms with E-state index < -0.39 is 5.97 Å². The molecule has 0 heterocycles. The van der Waals surface area contributed by atoms with E-state index in [1.807, 2.05) is 0 Å². The van der Waals surface area contributed by atoms with Crippen LogP contribution in [0.5, 0.6) is 5.75 Å². The van der Waals surface area contributed by atoms with Gasteiger partial charge in [-0.1, -0.05) is 51.3 Å². The fourth-order valence-electron chi connectivity index (χ4n) is 1.64. The Hall–Kier alpha value is -1.56. The van der Waals surface area contributed by atoms with E-state index in [2.05, 4.69) is 15.9 Å². The summed E-state index contributed by atoms with van der Waals surface area (Å²) in [6.45, 7) is -0.701. The van der Waals surface area contributed by atoms with E-state index in [-0.39, 0.29) is 24.0 Å². The van der Waals surface area contributed by atoms with Crippen molar-refractivity contribution in [2.75, 3.05) is 13.2 Å². The summed E-state index contributed by atoms with van der Waals surface area (Å²) in [6.07, 6.45) is 0. The van der Waals surface area contributed by atoms with Crippen LogP contribution in [0.4, 0.5) is 0 Å². The van der Waals surface area contributed by atoms with Gasteiger partial charge in [0.25, 0.3) is 0 Å². The molecular formula is C16H11BrCl2O4. The molecule has 0 spiro atoms. The largest absolute Gasteiger partial charge is 0.480 e. The summed E-state index contributed by atoms with van der Waals surface area (Å²) in [7, 11) is 0. The van der Waals surface area contributed by atoms with Crippen molar-refractivity contribution >= 4 is 50.9 Å². The van der Waals surface area contributed by atoms with Crippen molar-refractivity contribution in [1.82, 2.24) is 0 Å². The Morgan fingerprint density at radius 2 is 1.70 bits per heavy atom. The van der Waals surface area contributed by atoms with Crippen LogP contribution < -0.4 is 4.74 Å². The second kappa shape index (κ2) is 8.34. The number of ketones is 1. The molecule has 7 heteroatoms. The molecule has 0 fully saturated rings. The molecule has 0 amide bonds. The molecule has 0 saturated heterocycles. The SMILES string of the molecule is O=C(COc1ccc(Cl)cc1Cl)OCC(=O)c1ccc(Br)cc1. The van der Waals surface area contributed by atoms with E-state index in [1.54, 1.807) is 36.4 Å². The number of rotatable bonds is 6. The third-order valence-electron chi connectivity index (χ3n) is 2.77. The molecule has 2 aromatic carbocycles. The van der Waals surface area contributed by atoms with Crippen LogP contribution in [-0.2, 0) is 9.53 Å². The van der Waals surface area contributed by atoms with Crippen LogP contribution in [0.1, 0.15) is 10.4 Å². The van der Waals surface area contributed by atoms with Gasteiger partial charge >= 0.3 is 5.97 Å². The first kappa shape index (κ1) is 17.8. The molecule has 2 aromatic rings. The molecule has 0 saturated carbocycles. The average Bonchev–Trinajstić information content (AvgIpc) is 2.52. The van der Waals surface area contributed by atoms with Gasteiger partial charge in [0.15, 0.2) is 19.0 Å². The van der Waals surface area contributed by atoms with Crippen molar-refractivity contribution in [2.24, 2.45) is 0 Å². The maximum absolute atomic E-state index is 11.9. The zero-order chi connectivity index (χ0) is 16.8. The summed E-state index contributed by atoms with van der Waals surface area (Å²) in [5.74, 6) is -0.649. The predicted molar refractivity (Wildman–Crippen MR) is 91.4 cm³/mol. The number of Topliss-reactive ketones (excluding diaryl/α,β-unsaturated/α-hetero) is 1. The highest BCUT2D eigenvalue weighted by Gasteiger charge is 2.11. The van der Waals surface area contributed by atoms with E-state index in [0.717, 1.165) is 4.47 Å². The van der Waals surface area contributed by atoms with Crippen LogP contribution in [0.15, 0.2) is 46.9 Å². The van der Waals surface area contributed by atoms with Crippen molar-refractivity contribution in [1.29, 1.82) is 0 Å². The Labute approximate surface area is 151 Å². The molecule has 2 rings (SSSR count). The molecule has 0 aliphatic carbocycles. The van der Waals surface area contributed by atoms with E-state index in [4.69, 9.17) is 32.7 Å². The van der Waals surface area contributed by atoms with Gasteiger partial charge in [-0.3, -0.25) is 4.79 Å². The van der Waals surface area contributed by atoms with Crippen LogP contribution in [0, 0.1) is 0 Å². The van der Waals surface area contributed by atoms with Crippen molar-refractivity contribution in [2.45, 2.75) is 0 Å². The zero-order valence-electron chi connectivity index (χ0n) is 11.7. The van der Waals surface area contributed by atoms with Gasteiger partial charge < -0.3 is 9.47 Å². The van der Waals surface area contributed by atoms with Crippen molar-refractivity contribution in [3.05, 3.63) is 62.5 Å².